The zero-order chi connectivity index (χ0) is 9.07. The van der Waals surface area contributed by atoms with Crippen LogP contribution in [-0.4, -0.2) is 5.09 Å². The Bertz CT molecular complexity index is 179. The minimum Gasteiger partial charge on any atom is -0.281 e. The molecule has 0 aromatic rings. The monoisotopic (exact) mass is 159 g/mol. The van der Waals surface area contributed by atoms with E-state index in [0.717, 1.165) is 0 Å². The van der Waals surface area contributed by atoms with Crippen molar-refractivity contribution < 1.29 is 9.92 Å². The molecule has 4 heteroatoms. The maximum atomic E-state index is 9.84. The van der Waals surface area contributed by atoms with Crippen molar-refractivity contribution in [3.63, 3.8) is 0 Å². The lowest BCUT2D eigenvalue weighted by atomic mass is 9.96. The van der Waals surface area contributed by atoms with E-state index in [1.807, 2.05) is 20.8 Å². The summed E-state index contributed by atoms with van der Waals surface area (Å²) >= 11 is 0. The van der Waals surface area contributed by atoms with Gasteiger partial charge < -0.3 is 0 Å². The van der Waals surface area contributed by atoms with Crippen LogP contribution < -0.4 is 0 Å². The Balaban J connectivity index is 4.12. The highest BCUT2D eigenvalue weighted by atomic mass is 17.0. The molecule has 11 heavy (non-hydrogen) atoms. The van der Waals surface area contributed by atoms with Crippen molar-refractivity contribution in [3.05, 3.63) is 21.9 Å². The number of allylic oxidation sites excluding steroid dienone is 2. The predicted molar refractivity (Wildman–Crippen MR) is 41.3 cm³/mol. The van der Waals surface area contributed by atoms with Crippen LogP contribution in [0.4, 0.5) is 0 Å². The van der Waals surface area contributed by atoms with E-state index in [1.165, 1.54) is 0 Å². The topological polar surface area (TPSA) is 52.4 Å². The van der Waals surface area contributed by atoms with Gasteiger partial charge in [0.05, 0.1) is 5.76 Å². The Morgan fingerprint density at radius 3 is 2.27 bits per heavy atom. The quantitative estimate of drug-likeness (QED) is 0.352. The van der Waals surface area contributed by atoms with E-state index in [1.54, 1.807) is 13.0 Å². The third-order valence-electron chi connectivity index (χ3n) is 0.855. The van der Waals surface area contributed by atoms with Crippen molar-refractivity contribution >= 4 is 0 Å². The van der Waals surface area contributed by atoms with Gasteiger partial charge in [0, 0.05) is 0 Å². The molecule has 0 aliphatic heterocycles. The standard InChI is InChI=1S/C7H13NO3/c1-6(11-8(9)10)5-7(2,3)4/h5H,1-4H3/b6-5-. The van der Waals surface area contributed by atoms with Crippen LogP contribution in [-0.2, 0) is 4.84 Å². The van der Waals surface area contributed by atoms with E-state index in [2.05, 4.69) is 4.84 Å². The van der Waals surface area contributed by atoms with Crippen LogP contribution >= 0.6 is 0 Å². The summed E-state index contributed by atoms with van der Waals surface area (Å²) in [7, 11) is 0. The predicted octanol–water partition coefficient (Wildman–Crippen LogP) is 2.14. The summed E-state index contributed by atoms with van der Waals surface area (Å²) in [5.41, 5.74) is -0.0832. The maximum Gasteiger partial charge on any atom is 0.299 e. The maximum absolute atomic E-state index is 9.84. The summed E-state index contributed by atoms with van der Waals surface area (Å²) in [6.07, 6.45) is 1.70. The van der Waals surface area contributed by atoms with Crippen molar-refractivity contribution in [3.8, 4) is 0 Å². The fourth-order valence-corrected chi connectivity index (χ4v) is 0.754. The molecule has 0 atom stereocenters. The van der Waals surface area contributed by atoms with Gasteiger partial charge in [0.2, 0.25) is 0 Å². The SMILES string of the molecule is C/C(=C/C(C)(C)C)O[N+](=O)[O-]. The normalized spacial score (nSPS) is 12.9. The molecule has 0 amide bonds. The van der Waals surface area contributed by atoms with Crippen molar-refractivity contribution in [2.75, 3.05) is 0 Å². The third-order valence-corrected chi connectivity index (χ3v) is 0.855. The lowest BCUT2D eigenvalue weighted by molar-refractivity contribution is -0.743. The van der Waals surface area contributed by atoms with Crippen LogP contribution in [0.1, 0.15) is 27.7 Å². The van der Waals surface area contributed by atoms with Crippen LogP contribution in [0.5, 0.6) is 0 Å². The molecule has 0 radical (unpaired) electrons. The Labute approximate surface area is 66.0 Å². The largest absolute Gasteiger partial charge is 0.299 e. The third kappa shape index (κ3) is 6.83. The summed E-state index contributed by atoms with van der Waals surface area (Å²) < 4.78 is 0. The molecular formula is C7H13NO3. The summed E-state index contributed by atoms with van der Waals surface area (Å²) in [6.45, 7) is 7.40. The summed E-state index contributed by atoms with van der Waals surface area (Å²) in [5, 5.41) is 9.03. The van der Waals surface area contributed by atoms with Gasteiger partial charge in [-0.3, -0.25) is 4.84 Å². The van der Waals surface area contributed by atoms with Gasteiger partial charge >= 0.3 is 0 Å². The van der Waals surface area contributed by atoms with Crippen molar-refractivity contribution in [2.24, 2.45) is 5.41 Å². The van der Waals surface area contributed by atoms with Gasteiger partial charge in [0.25, 0.3) is 5.09 Å². The molecular weight excluding hydrogens is 146 g/mol. The van der Waals surface area contributed by atoms with E-state index < -0.39 is 5.09 Å². The average molecular weight is 159 g/mol. The molecule has 4 nitrogen and oxygen atoms in total. The summed E-state index contributed by atoms with van der Waals surface area (Å²) in [5.74, 6) is 0.322. The number of nitrogens with zero attached hydrogens (tertiary/aromatic N) is 1. The van der Waals surface area contributed by atoms with Crippen molar-refractivity contribution in [2.45, 2.75) is 27.7 Å². The zero-order valence-electron chi connectivity index (χ0n) is 7.25. The molecule has 0 aromatic heterocycles. The lowest BCUT2D eigenvalue weighted by Gasteiger charge is -2.12. The van der Waals surface area contributed by atoms with Crippen LogP contribution in [0.25, 0.3) is 0 Å². The molecule has 0 aliphatic rings. The molecule has 64 valence electrons. The highest BCUT2D eigenvalue weighted by molar-refractivity contribution is 4.95. The van der Waals surface area contributed by atoms with Gasteiger partial charge in [-0.15, -0.1) is 10.1 Å². The lowest BCUT2D eigenvalue weighted by Crippen LogP contribution is -2.04. The average Bonchev–Trinajstić information content (AvgIpc) is 1.53. The molecule has 0 heterocycles. The van der Waals surface area contributed by atoms with E-state index in [0.29, 0.717) is 5.76 Å². The van der Waals surface area contributed by atoms with E-state index in [4.69, 9.17) is 0 Å². The molecule has 0 bridgehead atoms. The highest BCUT2D eigenvalue weighted by Crippen LogP contribution is 2.17. The molecule has 0 N–H and O–H groups in total. The molecule has 0 rings (SSSR count). The summed E-state index contributed by atoms with van der Waals surface area (Å²) in [6, 6.07) is 0. The van der Waals surface area contributed by atoms with Crippen LogP contribution in [0.15, 0.2) is 11.8 Å². The van der Waals surface area contributed by atoms with Crippen LogP contribution in [0.2, 0.25) is 0 Å². The molecule has 0 unspecified atom stereocenters. The number of rotatable bonds is 2. The van der Waals surface area contributed by atoms with Gasteiger partial charge in [0.15, 0.2) is 0 Å². The molecule has 0 aliphatic carbocycles. The van der Waals surface area contributed by atoms with Gasteiger partial charge in [-0.2, -0.15) is 0 Å². The van der Waals surface area contributed by atoms with E-state index >= 15 is 0 Å². The molecule has 0 spiro atoms. The van der Waals surface area contributed by atoms with E-state index in [-0.39, 0.29) is 5.41 Å². The Morgan fingerprint density at radius 1 is 1.55 bits per heavy atom. The first-order valence-corrected chi connectivity index (χ1v) is 3.33. The Hall–Kier alpha value is -1.06. The molecule has 0 saturated carbocycles. The highest BCUT2D eigenvalue weighted by Gasteiger charge is 2.07. The first-order chi connectivity index (χ1) is 4.81. The van der Waals surface area contributed by atoms with E-state index in [9.17, 15) is 10.1 Å². The smallest absolute Gasteiger partial charge is 0.281 e. The van der Waals surface area contributed by atoms with Crippen LogP contribution in [0, 0.1) is 15.5 Å². The Kier molecular flexibility index (Phi) is 3.04. The first-order valence-electron chi connectivity index (χ1n) is 3.33. The first kappa shape index (κ1) is 9.94. The van der Waals surface area contributed by atoms with Crippen LogP contribution in [0.3, 0.4) is 0 Å². The minimum atomic E-state index is -0.808. The Morgan fingerprint density at radius 2 is 2.00 bits per heavy atom. The second-order valence-electron chi connectivity index (χ2n) is 3.44. The van der Waals surface area contributed by atoms with Gasteiger partial charge in [-0.25, -0.2) is 0 Å². The fourth-order valence-electron chi connectivity index (χ4n) is 0.754. The molecule has 0 saturated heterocycles. The molecule has 0 fully saturated rings. The summed E-state index contributed by atoms with van der Waals surface area (Å²) in [4.78, 5) is 14.0. The minimum absolute atomic E-state index is 0.0832. The number of hydrogen-bond acceptors (Lipinski definition) is 3. The van der Waals surface area contributed by atoms with Gasteiger partial charge in [-0.05, 0) is 12.3 Å². The molecule has 0 aromatic carbocycles. The second-order valence-corrected chi connectivity index (χ2v) is 3.44. The van der Waals surface area contributed by atoms with Gasteiger partial charge in [0.1, 0.15) is 0 Å². The zero-order valence-corrected chi connectivity index (χ0v) is 7.25. The van der Waals surface area contributed by atoms with Crippen molar-refractivity contribution in [1.29, 1.82) is 0 Å². The van der Waals surface area contributed by atoms with Gasteiger partial charge in [-0.1, -0.05) is 26.8 Å². The van der Waals surface area contributed by atoms with Crippen molar-refractivity contribution in [1.82, 2.24) is 0 Å². The fraction of sp³-hybridized carbons (Fsp3) is 0.714. The second kappa shape index (κ2) is 3.37. The number of hydrogen-bond donors (Lipinski definition) is 0.